The predicted octanol–water partition coefficient (Wildman–Crippen LogP) is 2.33. The van der Waals surface area contributed by atoms with E-state index in [4.69, 9.17) is 9.47 Å². The van der Waals surface area contributed by atoms with E-state index in [-0.39, 0.29) is 6.54 Å². The Bertz CT molecular complexity index is 531. The molecule has 0 unspecified atom stereocenters. The van der Waals surface area contributed by atoms with Gasteiger partial charge in [0.25, 0.3) is 0 Å². The van der Waals surface area contributed by atoms with Crippen LogP contribution in [-0.4, -0.2) is 50.1 Å². The van der Waals surface area contributed by atoms with E-state index in [1.54, 1.807) is 36.3 Å². The fourth-order valence-corrected chi connectivity index (χ4v) is 2.35. The number of nitrogens with one attached hydrogen (secondary N) is 1. The minimum atomic E-state index is -0.584. The molecule has 0 saturated carbocycles. The van der Waals surface area contributed by atoms with E-state index in [9.17, 15) is 9.59 Å². The molecule has 6 nitrogen and oxygen atoms in total. The molecule has 0 bridgehead atoms. The van der Waals surface area contributed by atoms with Crippen molar-refractivity contribution >= 4 is 11.8 Å². The molecular weight excluding hydrogens is 320 g/mol. The van der Waals surface area contributed by atoms with Crippen LogP contribution in [0.2, 0.25) is 0 Å². The Morgan fingerprint density at radius 2 is 1.52 bits per heavy atom. The third-order valence-electron chi connectivity index (χ3n) is 3.37. The predicted molar refractivity (Wildman–Crippen MR) is 97.8 cm³/mol. The van der Waals surface area contributed by atoms with Crippen molar-refractivity contribution in [2.75, 3.05) is 33.4 Å². The molecule has 0 atom stereocenters. The fourth-order valence-electron chi connectivity index (χ4n) is 2.35. The normalized spacial score (nSPS) is 10.7. The second-order valence-electron chi connectivity index (χ2n) is 6.78. The van der Waals surface area contributed by atoms with Crippen molar-refractivity contribution in [1.82, 2.24) is 10.2 Å². The molecule has 0 aromatic heterocycles. The van der Waals surface area contributed by atoms with Crippen LogP contribution in [0.3, 0.4) is 0 Å². The molecule has 0 aliphatic rings. The van der Waals surface area contributed by atoms with E-state index < -0.39 is 11.8 Å². The summed E-state index contributed by atoms with van der Waals surface area (Å²) in [6.07, 6.45) is 0. The first-order valence-electron chi connectivity index (χ1n) is 8.67. The lowest BCUT2D eigenvalue weighted by Crippen LogP contribution is -2.46. The maximum Gasteiger partial charge on any atom is 0.311 e. The lowest BCUT2D eigenvalue weighted by Gasteiger charge is -2.25. The largest absolute Gasteiger partial charge is 0.497 e. The molecule has 25 heavy (non-hydrogen) atoms. The van der Waals surface area contributed by atoms with Crippen LogP contribution in [0.4, 0.5) is 0 Å². The Hall–Kier alpha value is -2.24. The van der Waals surface area contributed by atoms with Gasteiger partial charge in [0.1, 0.15) is 18.1 Å². The molecule has 0 saturated heterocycles. The average molecular weight is 350 g/mol. The van der Waals surface area contributed by atoms with Crippen molar-refractivity contribution in [3.05, 3.63) is 24.3 Å². The summed E-state index contributed by atoms with van der Waals surface area (Å²) in [5.41, 5.74) is 0. The van der Waals surface area contributed by atoms with E-state index in [1.165, 1.54) is 0 Å². The zero-order valence-corrected chi connectivity index (χ0v) is 15.9. The summed E-state index contributed by atoms with van der Waals surface area (Å²) in [5.74, 6) is 0.999. The summed E-state index contributed by atoms with van der Waals surface area (Å²) in [5, 5.41) is 2.62. The van der Waals surface area contributed by atoms with Gasteiger partial charge in [0.05, 0.1) is 13.7 Å². The number of ether oxygens (including phenoxy) is 2. The molecule has 140 valence electrons. The van der Waals surface area contributed by atoms with E-state index in [0.717, 1.165) is 5.75 Å². The summed E-state index contributed by atoms with van der Waals surface area (Å²) >= 11 is 0. The molecule has 1 aromatic rings. The minimum Gasteiger partial charge on any atom is -0.497 e. The lowest BCUT2D eigenvalue weighted by atomic mass is 10.1. The van der Waals surface area contributed by atoms with Gasteiger partial charge in [-0.05, 0) is 36.1 Å². The van der Waals surface area contributed by atoms with Gasteiger partial charge in [-0.3, -0.25) is 9.59 Å². The van der Waals surface area contributed by atoms with Crippen molar-refractivity contribution in [3.8, 4) is 11.5 Å². The standard InChI is InChI=1S/C19H30N2O4/c1-14(2)12-21(13-15(3)4)19(23)18(22)20-10-11-25-17-8-6-16(24-5)7-9-17/h6-9,14-15H,10-13H2,1-5H3,(H,20,22). The maximum absolute atomic E-state index is 12.3. The average Bonchev–Trinajstić information content (AvgIpc) is 2.57. The number of nitrogens with zero attached hydrogens (tertiary/aromatic N) is 1. The van der Waals surface area contributed by atoms with Crippen LogP contribution in [0.15, 0.2) is 24.3 Å². The van der Waals surface area contributed by atoms with Gasteiger partial charge >= 0.3 is 11.8 Å². The number of methoxy groups -OCH3 is 1. The Morgan fingerprint density at radius 1 is 1.00 bits per heavy atom. The first-order valence-corrected chi connectivity index (χ1v) is 8.67. The molecule has 0 aliphatic carbocycles. The molecule has 0 fully saturated rings. The quantitative estimate of drug-likeness (QED) is 0.548. The number of amides is 2. The number of rotatable bonds is 9. The SMILES string of the molecule is COc1ccc(OCCNC(=O)C(=O)N(CC(C)C)CC(C)C)cc1. The van der Waals surface area contributed by atoms with Crippen molar-refractivity contribution in [1.29, 1.82) is 0 Å². The van der Waals surface area contributed by atoms with Crippen molar-refractivity contribution in [2.24, 2.45) is 11.8 Å². The molecule has 0 spiro atoms. The first kappa shape index (κ1) is 20.8. The van der Waals surface area contributed by atoms with Crippen molar-refractivity contribution in [2.45, 2.75) is 27.7 Å². The summed E-state index contributed by atoms with van der Waals surface area (Å²) in [6, 6.07) is 7.18. The Labute approximate surface area is 150 Å². The van der Waals surface area contributed by atoms with Gasteiger partial charge in [0.15, 0.2) is 0 Å². The van der Waals surface area contributed by atoms with Gasteiger partial charge in [-0.25, -0.2) is 0 Å². The van der Waals surface area contributed by atoms with E-state index in [0.29, 0.717) is 37.3 Å². The monoisotopic (exact) mass is 350 g/mol. The van der Waals surface area contributed by atoms with Gasteiger partial charge in [0, 0.05) is 13.1 Å². The topological polar surface area (TPSA) is 67.9 Å². The Kier molecular flexibility index (Phi) is 8.81. The molecule has 1 aromatic carbocycles. The molecule has 1 rings (SSSR count). The van der Waals surface area contributed by atoms with Gasteiger partial charge in [-0.1, -0.05) is 27.7 Å². The fraction of sp³-hybridized carbons (Fsp3) is 0.579. The zero-order chi connectivity index (χ0) is 18.8. The Balaban J connectivity index is 2.41. The number of benzene rings is 1. The van der Waals surface area contributed by atoms with E-state index in [1.807, 2.05) is 27.7 Å². The second kappa shape index (κ2) is 10.6. The third kappa shape index (κ3) is 7.92. The van der Waals surface area contributed by atoms with Crippen LogP contribution in [0.5, 0.6) is 11.5 Å². The maximum atomic E-state index is 12.3. The van der Waals surface area contributed by atoms with Crippen LogP contribution >= 0.6 is 0 Å². The van der Waals surface area contributed by atoms with Crippen LogP contribution in [0, 0.1) is 11.8 Å². The number of hydrogen-bond acceptors (Lipinski definition) is 4. The summed E-state index contributed by atoms with van der Waals surface area (Å²) in [6.45, 7) is 9.83. The summed E-state index contributed by atoms with van der Waals surface area (Å²) in [4.78, 5) is 26.0. The minimum absolute atomic E-state index is 0.272. The van der Waals surface area contributed by atoms with Gasteiger partial charge < -0.3 is 19.7 Å². The molecule has 1 N–H and O–H groups in total. The molecular formula is C19H30N2O4. The van der Waals surface area contributed by atoms with Gasteiger partial charge in [-0.15, -0.1) is 0 Å². The summed E-state index contributed by atoms with van der Waals surface area (Å²) < 4.78 is 10.6. The smallest absolute Gasteiger partial charge is 0.311 e. The van der Waals surface area contributed by atoms with Crippen LogP contribution < -0.4 is 14.8 Å². The lowest BCUT2D eigenvalue weighted by molar-refractivity contribution is -0.146. The number of carbonyl (C=O) groups is 2. The number of carbonyl (C=O) groups excluding carboxylic acids is 2. The third-order valence-corrected chi connectivity index (χ3v) is 3.37. The summed E-state index contributed by atoms with van der Waals surface area (Å²) in [7, 11) is 1.60. The molecule has 6 heteroatoms. The number of hydrogen-bond donors (Lipinski definition) is 1. The van der Waals surface area contributed by atoms with Gasteiger partial charge in [-0.2, -0.15) is 0 Å². The molecule has 2 amide bonds. The molecule has 0 radical (unpaired) electrons. The highest BCUT2D eigenvalue weighted by molar-refractivity contribution is 6.35. The second-order valence-corrected chi connectivity index (χ2v) is 6.78. The highest BCUT2D eigenvalue weighted by Gasteiger charge is 2.22. The van der Waals surface area contributed by atoms with Crippen LogP contribution in [0.25, 0.3) is 0 Å². The zero-order valence-electron chi connectivity index (χ0n) is 15.9. The van der Waals surface area contributed by atoms with Crippen LogP contribution in [-0.2, 0) is 9.59 Å². The molecule has 0 aliphatic heterocycles. The molecule has 0 heterocycles. The van der Waals surface area contributed by atoms with E-state index >= 15 is 0 Å². The van der Waals surface area contributed by atoms with Gasteiger partial charge in [0.2, 0.25) is 0 Å². The highest BCUT2D eigenvalue weighted by Crippen LogP contribution is 2.16. The first-order chi connectivity index (χ1) is 11.8. The Morgan fingerprint density at radius 3 is 2.00 bits per heavy atom. The highest BCUT2D eigenvalue weighted by atomic mass is 16.5. The van der Waals surface area contributed by atoms with E-state index in [2.05, 4.69) is 5.32 Å². The van der Waals surface area contributed by atoms with Crippen LogP contribution in [0.1, 0.15) is 27.7 Å². The van der Waals surface area contributed by atoms with Crippen molar-refractivity contribution in [3.63, 3.8) is 0 Å². The van der Waals surface area contributed by atoms with Crippen molar-refractivity contribution < 1.29 is 19.1 Å².